The van der Waals surface area contributed by atoms with Crippen LogP contribution in [0.3, 0.4) is 0 Å². The Morgan fingerprint density at radius 1 is 1.05 bits per heavy atom. The zero-order valence-electron chi connectivity index (χ0n) is 23.3. The quantitative estimate of drug-likeness (QED) is 0.290. The van der Waals surface area contributed by atoms with E-state index >= 15 is 0 Å². The zero-order chi connectivity index (χ0) is 27.7. The Bertz CT molecular complexity index is 1040. The van der Waals surface area contributed by atoms with E-state index in [2.05, 4.69) is 60.4 Å². The van der Waals surface area contributed by atoms with Gasteiger partial charge in [-0.15, -0.1) is 0 Å². The molecule has 2 fully saturated rings. The summed E-state index contributed by atoms with van der Waals surface area (Å²) in [5.74, 6) is -0.504. The Labute approximate surface area is 220 Å². The molecule has 1 aromatic heterocycles. The Kier molecular flexibility index (Phi) is 9.41. The lowest BCUT2D eigenvalue weighted by Gasteiger charge is -2.51. The van der Waals surface area contributed by atoms with Gasteiger partial charge in [-0.3, -0.25) is 19.1 Å². The normalized spacial score (nSPS) is 27.4. The van der Waals surface area contributed by atoms with Crippen LogP contribution in [0.1, 0.15) is 68.5 Å². The van der Waals surface area contributed by atoms with Gasteiger partial charge in [-0.05, 0) is 22.2 Å². The molecule has 0 unspecified atom stereocenters. The molecule has 210 valence electrons. The van der Waals surface area contributed by atoms with E-state index < -0.39 is 58.9 Å². The second-order valence-electron chi connectivity index (χ2n) is 11.0. The number of hydrogen-bond donors (Lipinski definition) is 1. The Morgan fingerprint density at radius 2 is 1.65 bits per heavy atom. The molecule has 4 atom stereocenters. The number of nitrogens with zero attached hydrogens (tertiary/aromatic N) is 1. The molecule has 0 aliphatic carbocycles. The lowest BCUT2D eigenvalue weighted by Crippen LogP contribution is -2.66. The first kappa shape index (κ1) is 29.9. The smallest absolute Gasteiger partial charge is 0.335 e. The number of nitrogens with one attached hydrogen (secondary N) is 1. The Morgan fingerprint density at radius 3 is 2.16 bits per heavy atom. The molecule has 0 amide bonds. The highest BCUT2D eigenvalue weighted by Crippen LogP contribution is 2.48. The van der Waals surface area contributed by atoms with Crippen molar-refractivity contribution in [3.63, 3.8) is 0 Å². The van der Waals surface area contributed by atoms with Crippen LogP contribution in [0.15, 0.2) is 21.9 Å². The molecule has 2 saturated heterocycles. The Balaban J connectivity index is 2.13. The predicted molar refractivity (Wildman–Crippen MR) is 141 cm³/mol. The maximum atomic E-state index is 12.7. The average molecular weight is 559 g/mol. The molecule has 0 saturated carbocycles. The third-order valence-electron chi connectivity index (χ3n) is 7.26. The highest BCUT2D eigenvalue weighted by molar-refractivity contribution is 6.83. The number of esters is 1. The number of fused-ring (bicyclic) bond motifs is 1. The summed E-state index contributed by atoms with van der Waals surface area (Å²) in [6.45, 7) is 18.1. The van der Waals surface area contributed by atoms with E-state index in [1.807, 2.05) is 0 Å². The van der Waals surface area contributed by atoms with E-state index in [4.69, 9.17) is 27.2 Å². The van der Waals surface area contributed by atoms with Gasteiger partial charge in [0.2, 0.25) is 0 Å². The molecule has 1 N–H and O–H groups in total. The molecule has 3 heterocycles. The van der Waals surface area contributed by atoms with Crippen LogP contribution in [0.4, 0.5) is 0 Å². The van der Waals surface area contributed by atoms with E-state index in [1.165, 1.54) is 23.8 Å². The van der Waals surface area contributed by atoms with Gasteiger partial charge in [-0.2, -0.15) is 0 Å². The zero-order valence-corrected chi connectivity index (χ0v) is 25.3. The fourth-order valence-corrected chi connectivity index (χ4v) is 16.6. The average Bonchev–Trinajstić information content (AvgIpc) is 3.09. The summed E-state index contributed by atoms with van der Waals surface area (Å²) in [5.41, 5.74) is -0.703. The summed E-state index contributed by atoms with van der Waals surface area (Å²) < 4.78 is 39.7. The van der Waals surface area contributed by atoms with Crippen molar-refractivity contribution in [2.24, 2.45) is 0 Å². The molecule has 3 rings (SSSR count). The third-order valence-corrected chi connectivity index (χ3v) is 17.5. The van der Waals surface area contributed by atoms with Crippen LogP contribution in [0.5, 0.6) is 0 Å². The van der Waals surface area contributed by atoms with E-state index in [0.29, 0.717) is 0 Å². The lowest BCUT2D eigenvalue weighted by molar-refractivity contribution is -0.168. The van der Waals surface area contributed by atoms with Crippen LogP contribution < -0.4 is 11.2 Å². The summed E-state index contributed by atoms with van der Waals surface area (Å²) >= 11 is 0. The fourth-order valence-electron chi connectivity index (χ4n) is 5.35. The van der Waals surface area contributed by atoms with E-state index in [1.54, 1.807) is 0 Å². The largest absolute Gasteiger partial charge is 0.439 e. The van der Waals surface area contributed by atoms with Crippen LogP contribution in [0, 0.1) is 0 Å². The van der Waals surface area contributed by atoms with Crippen LogP contribution in [0.2, 0.25) is 22.2 Å². The minimum absolute atomic E-state index is 0.0724. The van der Waals surface area contributed by atoms with Gasteiger partial charge in [-0.25, -0.2) is 4.79 Å². The van der Waals surface area contributed by atoms with Crippen molar-refractivity contribution in [2.75, 3.05) is 13.4 Å². The molecule has 13 heteroatoms. The fraction of sp³-hybridized carbons (Fsp3) is 0.792. The van der Waals surface area contributed by atoms with Crippen molar-refractivity contribution in [3.05, 3.63) is 33.1 Å². The minimum Gasteiger partial charge on any atom is -0.439 e. The number of aromatic nitrogens is 2. The van der Waals surface area contributed by atoms with Crippen molar-refractivity contribution in [1.82, 2.24) is 9.55 Å². The van der Waals surface area contributed by atoms with Gasteiger partial charge >= 0.3 is 28.8 Å². The number of aromatic amines is 1. The van der Waals surface area contributed by atoms with Gasteiger partial charge in [0.1, 0.15) is 18.3 Å². The number of carbonyl (C=O) groups excluding carboxylic acids is 1. The number of rotatable bonds is 8. The van der Waals surface area contributed by atoms with Crippen molar-refractivity contribution in [3.8, 4) is 0 Å². The monoisotopic (exact) mass is 558 g/mol. The summed E-state index contributed by atoms with van der Waals surface area (Å²) in [6.07, 6.45) is -1.67. The van der Waals surface area contributed by atoms with Crippen LogP contribution in [-0.2, 0) is 32.0 Å². The van der Waals surface area contributed by atoms with Crippen molar-refractivity contribution in [1.29, 1.82) is 0 Å². The van der Waals surface area contributed by atoms with E-state index in [0.717, 1.165) is 0 Å². The van der Waals surface area contributed by atoms with Gasteiger partial charge in [0.15, 0.2) is 13.0 Å². The molecule has 0 spiro atoms. The second kappa shape index (κ2) is 11.6. The summed E-state index contributed by atoms with van der Waals surface area (Å²) in [6, 6.07) is 1.24. The highest BCUT2D eigenvalue weighted by Gasteiger charge is 2.62. The van der Waals surface area contributed by atoms with E-state index in [-0.39, 0.29) is 35.6 Å². The van der Waals surface area contributed by atoms with Crippen molar-refractivity contribution in [2.45, 2.75) is 109 Å². The van der Waals surface area contributed by atoms with Crippen molar-refractivity contribution >= 4 is 23.1 Å². The highest BCUT2D eigenvalue weighted by atomic mass is 28.5. The molecule has 2 aliphatic rings. The van der Waals surface area contributed by atoms with Crippen LogP contribution in [0.25, 0.3) is 0 Å². The standard InChI is InChI=1S/C24H42N2O9Si2/c1-14(2)36(15(3)4)32-12-19-21(34-37(35-36,16(5)6)17(7)8)22(31-13-30-18(9)27)23(33-19)26-11-10-20(28)25-24(26)29/h10-11,14-17,19,21-23H,12-13H2,1-9H3,(H,25,28,29)/t19-,21-,22-,23-/m1/s1. The second-order valence-corrected chi connectivity index (χ2v) is 19.9. The number of H-pyrrole nitrogens is 1. The molecule has 37 heavy (non-hydrogen) atoms. The predicted octanol–water partition coefficient (Wildman–Crippen LogP) is 3.30. The maximum absolute atomic E-state index is 12.7. The first-order valence-electron chi connectivity index (χ1n) is 13.0. The lowest BCUT2D eigenvalue weighted by atomic mass is 10.1. The molecule has 0 aromatic carbocycles. The number of ether oxygens (including phenoxy) is 3. The SMILES string of the molecule is CC(=O)OCO[C@@H]1[C@@H]2O[Si](C(C)C)(C(C)C)O[Si](C(C)C)(C(C)C)OC[C@H]2O[C@H]1n1ccc(=O)[nH]c1=O. The van der Waals surface area contributed by atoms with Gasteiger partial charge in [0.25, 0.3) is 5.56 Å². The maximum Gasteiger partial charge on any atom is 0.335 e. The molecule has 0 radical (unpaired) electrons. The first-order chi connectivity index (χ1) is 17.2. The third kappa shape index (κ3) is 5.87. The van der Waals surface area contributed by atoms with Crippen LogP contribution in [-0.4, -0.2) is 64.4 Å². The molecule has 11 nitrogen and oxygen atoms in total. The van der Waals surface area contributed by atoms with Gasteiger partial charge in [0, 0.05) is 19.2 Å². The van der Waals surface area contributed by atoms with E-state index in [9.17, 15) is 14.4 Å². The molecule has 2 aliphatic heterocycles. The molecule has 0 bridgehead atoms. The number of hydrogen-bond acceptors (Lipinski definition) is 9. The van der Waals surface area contributed by atoms with Crippen LogP contribution >= 0.6 is 0 Å². The molecule has 1 aromatic rings. The first-order valence-corrected chi connectivity index (χ1v) is 16.9. The summed E-state index contributed by atoms with van der Waals surface area (Å²) in [7, 11) is -5.79. The summed E-state index contributed by atoms with van der Waals surface area (Å²) in [4.78, 5) is 38.1. The Hall–Kier alpha value is -1.62. The number of carbonyl (C=O) groups is 1. The van der Waals surface area contributed by atoms with Crippen molar-refractivity contribution < 1.29 is 32.0 Å². The minimum atomic E-state index is -3.00. The van der Waals surface area contributed by atoms with Gasteiger partial charge in [-0.1, -0.05) is 55.4 Å². The topological polar surface area (TPSA) is 127 Å². The molecular weight excluding hydrogens is 516 g/mol. The van der Waals surface area contributed by atoms with Gasteiger partial charge < -0.3 is 27.2 Å². The summed E-state index contributed by atoms with van der Waals surface area (Å²) in [5, 5.41) is 0. The molecular formula is C24H42N2O9Si2. The van der Waals surface area contributed by atoms with Gasteiger partial charge in [0.05, 0.1) is 6.61 Å².